The van der Waals surface area contributed by atoms with Crippen molar-refractivity contribution in [2.24, 2.45) is 0 Å². The predicted octanol–water partition coefficient (Wildman–Crippen LogP) is 3.35. The standard InChI is InChI=1S/C15H11ClN2O/c1-10-5-2-3-8-13(10)18-9-17-14-11(15(18)19)6-4-7-12(14)16/h2-9H,1H3. The minimum absolute atomic E-state index is 0.109. The van der Waals surface area contributed by atoms with Gasteiger partial charge >= 0.3 is 0 Å². The summed E-state index contributed by atoms with van der Waals surface area (Å²) in [5, 5.41) is 1.02. The molecule has 0 unspecified atom stereocenters. The first-order chi connectivity index (χ1) is 9.18. The predicted molar refractivity (Wildman–Crippen MR) is 77.1 cm³/mol. The summed E-state index contributed by atoms with van der Waals surface area (Å²) in [6.45, 7) is 1.96. The van der Waals surface area contributed by atoms with Gasteiger partial charge in [-0.1, -0.05) is 35.9 Å². The second-order valence-corrected chi connectivity index (χ2v) is 4.75. The van der Waals surface area contributed by atoms with Crippen molar-refractivity contribution in [3.63, 3.8) is 0 Å². The normalized spacial score (nSPS) is 10.8. The Morgan fingerprint density at radius 2 is 1.89 bits per heavy atom. The summed E-state index contributed by atoms with van der Waals surface area (Å²) in [6, 6.07) is 12.9. The molecule has 2 aromatic carbocycles. The Hall–Kier alpha value is -2.13. The molecule has 0 aliphatic rings. The summed E-state index contributed by atoms with van der Waals surface area (Å²) in [5.41, 5.74) is 2.29. The maximum Gasteiger partial charge on any atom is 0.265 e. The van der Waals surface area contributed by atoms with Gasteiger partial charge in [-0.15, -0.1) is 0 Å². The molecule has 0 aliphatic heterocycles. The highest BCUT2D eigenvalue weighted by molar-refractivity contribution is 6.34. The number of nitrogens with zero attached hydrogens (tertiary/aromatic N) is 2. The van der Waals surface area contributed by atoms with Crippen LogP contribution in [0.15, 0.2) is 53.6 Å². The Morgan fingerprint density at radius 1 is 1.11 bits per heavy atom. The molecule has 1 heterocycles. The van der Waals surface area contributed by atoms with Gasteiger partial charge in [0.15, 0.2) is 0 Å². The van der Waals surface area contributed by atoms with Crippen LogP contribution < -0.4 is 5.56 Å². The Labute approximate surface area is 115 Å². The van der Waals surface area contributed by atoms with Crippen molar-refractivity contribution in [2.45, 2.75) is 6.92 Å². The lowest BCUT2D eigenvalue weighted by atomic mass is 10.2. The van der Waals surface area contributed by atoms with Crippen molar-refractivity contribution in [2.75, 3.05) is 0 Å². The summed E-state index contributed by atoms with van der Waals surface area (Å²) >= 11 is 6.05. The minimum atomic E-state index is -0.109. The fourth-order valence-corrected chi connectivity index (χ4v) is 2.35. The zero-order valence-electron chi connectivity index (χ0n) is 10.3. The number of fused-ring (bicyclic) bond motifs is 1. The minimum Gasteiger partial charge on any atom is -0.268 e. The Morgan fingerprint density at radius 3 is 2.68 bits per heavy atom. The van der Waals surface area contributed by atoms with Crippen LogP contribution in [-0.2, 0) is 0 Å². The van der Waals surface area contributed by atoms with Gasteiger partial charge in [0.2, 0.25) is 0 Å². The molecule has 0 fully saturated rings. The quantitative estimate of drug-likeness (QED) is 0.680. The van der Waals surface area contributed by atoms with Crippen LogP contribution in [0.25, 0.3) is 16.6 Å². The number of hydrogen-bond donors (Lipinski definition) is 0. The van der Waals surface area contributed by atoms with E-state index in [9.17, 15) is 4.79 Å². The average Bonchev–Trinajstić information content (AvgIpc) is 2.41. The lowest BCUT2D eigenvalue weighted by molar-refractivity contribution is 0.953. The molecule has 0 N–H and O–H groups in total. The van der Waals surface area contributed by atoms with Crippen molar-refractivity contribution in [1.82, 2.24) is 9.55 Å². The van der Waals surface area contributed by atoms with E-state index in [4.69, 9.17) is 11.6 Å². The van der Waals surface area contributed by atoms with Crippen molar-refractivity contribution in [3.8, 4) is 5.69 Å². The van der Waals surface area contributed by atoms with Crippen LogP contribution in [-0.4, -0.2) is 9.55 Å². The van der Waals surface area contributed by atoms with E-state index in [2.05, 4.69) is 4.98 Å². The Balaban J connectivity index is 2.37. The van der Waals surface area contributed by atoms with Crippen molar-refractivity contribution >= 4 is 22.5 Å². The largest absolute Gasteiger partial charge is 0.268 e. The van der Waals surface area contributed by atoms with E-state index in [0.29, 0.717) is 15.9 Å². The van der Waals surface area contributed by atoms with Crippen LogP contribution in [0.5, 0.6) is 0 Å². The maximum atomic E-state index is 12.5. The van der Waals surface area contributed by atoms with Crippen molar-refractivity contribution in [3.05, 3.63) is 69.7 Å². The third kappa shape index (κ3) is 1.92. The van der Waals surface area contributed by atoms with Gasteiger partial charge in [-0.3, -0.25) is 9.36 Å². The van der Waals surface area contributed by atoms with Crippen LogP contribution in [0.4, 0.5) is 0 Å². The van der Waals surface area contributed by atoms with Crippen LogP contribution in [0, 0.1) is 6.92 Å². The summed E-state index contributed by atoms with van der Waals surface area (Å²) in [4.78, 5) is 16.8. The average molecular weight is 271 g/mol. The highest BCUT2D eigenvalue weighted by Crippen LogP contribution is 2.19. The number of halogens is 1. The molecular weight excluding hydrogens is 260 g/mol. The lowest BCUT2D eigenvalue weighted by Gasteiger charge is -2.09. The van der Waals surface area contributed by atoms with Gasteiger partial charge in [0.1, 0.15) is 6.33 Å². The lowest BCUT2D eigenvalue weighted by Crippen LogP contribution is -2.19. The second-order valence-electron chi connectivity index (χ2n) is 4.34. The smallest absolute Gasteiger partial charge is 0.265 e. The van der Waals surface area contributed by atoms with Gasteiger partial charge in [0.25, 0.3) is 5.56 Å². The molecule has 0 radical (unpaired) electrons. The van der Waals surface area contributed by atoms with Crippen molar-refractivity contribution < 1.29 is 0 Å². The molecule has 0 atom stereocenters. The first-order valence-electron chi connectivity index (χ1n) is 5.90. The number of aromatic nitrogens is 2. The molecule has 19 heavy (non-hydrogen) atoms. The van der Waals surface area contributed by atoms with E-state index in [-0.39, 0.29) is 5.56 Å². The number of rotatable bonds is 1. The van der Waals surface area contributed by atoms with E-state index in [1.54, 1.807) is 22.8 Å². The van der Waals surface area contributed by atoms with Crippen molar-refractivity contribution in [1.29, 1.82) is 0 Å². The molecule has 3 aromatic rings. The van der Waals surface area contributed by atoms with Crippen LogP contribution in [0.2, 0.25) is 5.02 Å². The zero-order chi connectivity index (χ0) is 13.4. The summed E-state index contributed by atoms with van der Waals surface area (Å²) < 4.78 is 1.55. The molecular formula is C15H11ClN2O. The fourth-order valence-electron chi connectivity index (χ4n) is 2.12. The highest BCUT2D eigenvalue weighted by atomic mass is 35.5. The molecule has 0 spiro atoms. The molecule has 4 heteroatoms. The summed E-state index contributed by atoms with van der Waals surface area (Å²) in [6.07, 6.45) is 1.53. The zero-order valence-corrected chi connectivity index (χ0v) is 11.1. The van der Waals surface area contributed by atoms with Crippen LogP contribution >= 0.6 is 11.6 Å². The Bertz CT molecular complexity index is 824. The van der Waals surface area contributed by atoms with Crippen LogP contribution in [0.1, 0.15) is 5.56 Å². The van der Waals surface area contributed by atoms with E-state index in [0.717, 1.165) is 11.3 Å². The molecule has 0 amide bonds. The number of benzene rings is 2. The van der Waals surface area contributed by atoms with Gasteiger partial charge in [-0.2, -0.15) is 0 Å². The van der Waals surface area contributed by atoms with Gasteiger partial charge in [-0.05, 0) is 30.7 Å². The summed E-state index contributed by atoms with van der Waals surface area (Å²) in [7, 11) is 0. The number of para-hydroxylation sites is 2. The molecule has 3 nitrogen and oxygen atoms in total. The molecule has 94 valence electrons. The van der Waals surface area contributed by atoms with E-state index in [1.165, 1.54) is 6.33 Å². The molecule has 0 saturated carbocycles. The highest BCUT2D eigenvalue weighted by Gasteiger charge is 2.09. The number of hydrogen-bond acceptors (Lipinski definition) is 2. The molecule has 3 rings (SSSR count). The molecule has 0 aliphatic carbocycles. The van der Waals surface area contributed by atoms with Gasteiger partial charge < -0.3 is 0 Å². The topological polar surface area (TPSA) is 34.9 Å². The third-order valence-corrected chi connectivity index (χ3v) is 3.42. The number of aryl methyl sites for hydroxylation is 1. The van der Waals surface area contributed by atoms with Gasteiger partial charge in [0.05, 0.1) is 21.6 Å². The second kappa shape index (κ2) is 4.52. The van der Waals surface area contributed by atoms with E-state index in [1.807, 2.05) is 31.2 Å². The van der Waals surface area contributed by atoms with E-state index >= 15 is 0 Å². The monoisotopic (exact) mass is 270 g/mol. The van der Waals surface area contributed by atoms with Crippen LogP contribution in [0.3, 0.4) is 0 Å². The first kappa shape index (κ1) is 11.9. The maximum absolute atomic E-state index is 12.5. The molecule has 1 aromatic heterocycles. The molecule has 0 saturated heterocycles. The SMILES string of the molecule is Cc1ccccc1-n1cnc2c(Cl)cccc2c1=O. The third-order valence-electron chi connectivity index (χ3n) is 3.11. The van der Waals surface area contributed by atoms with E-state index < -0.39 is 0 Å². The van der Waals surface area contributed by atoms with Gasteiger partial charge in [0, 0.05) is 0 Å². The fraction of sp³-hybridized carbons (Fsp3) is 0.0667. The molecule has 0 bridgehead atoms. The van der Waals surface area contributed by atoms with Gasteiger partial charge in [-0.25, -0.2) is 4.98 Å². The first-order valence-corrected chi connectivity index (χ1v) is 6.28. The Kier molecular flexibility index (Phi) is 2.84. The summed E-state index contributed by atoms with van der Waals surface area (Å²) in [5.74, 6) is 0.